The van der Waals surface area contributed by atoms with Crippen molar-refractivity contribution in [3.05, 3.63) is 47.5 Å². The van der Waals surface area contributed by atoms with Crippen LogP contribution >= 0.6 is 35.6 Å². The minimum atomic E-state index is -0.0467. The topological polar surface area (TPSA) is 56.7 Å². The van der Waals surface area contributed by atoms with Crippen LogP contribution in [0.1, 0.15) is 5.56 Å². The molecular formula is C16H24ClIN4O. The summed E-state index contributed by atoms with van der Waals surface area (Å²) in [5.41, 5.74) is 1.15. The third-order valence-electron chi connectivity index (χ3n) is 2.88. The average Bonchev–Trinajstić information content (AvgIpc) is 2.49. The maximum atomic E-state index is 11.6. The molecule has 0 heterocycles. The van der Waals surface area contributed by atoms with Crippen LogP contribution in [0.3, 0.4) is 0 Å². The molecule has 0 unspecified atom stereocenters. The Morgan fingerprint density at radius 1 is 1.39 bits per heavy atom. The summed E-state index contributed by atoms with van der Waals surface area (Å²) in [4.78, 5) is 17.4. The van der Waals surface area contributed by atoms with E-state index in [2.05, 4.69) is 22.2 Å². The van der Waals surface area contributed by atoms with Crippen LogP contribution in [0.15, 0.2) is 41.9 Å². The van der Waals surface area contributed by atoms with Gasteiger partial charge in [-0.2, -0.15) is 0 Å². The number of guanidine groups is 1. The van der Waals surface area contributed by atoms with Gasteiger partial charge in [-0.1, -0.05) is 29.8 Å². The average molecular weight is 451 g/mol. The van der Waals surface area contributed by atoms with Crippen LogP contribution in [0.2, 0.25) is 5.02 Å². The molecule has 0 bridgehead atoms. The first kappa shape index (κ1) is 21.7. The summed E-state index contributed by atoms with van der Waals surface area (Å²) in [6.45, 7) is 5.04. The molecule has 23 heavy (non-hydrogen) atoms. The third kappa shape index (κ3) is 9.45. The molecule has 0 saturated heterocycles. The van der Waals surface area contributed by atoms with E-state index in [1.54, 1.807) is 20.2 Å². The molecule has 128 valence electrons. The molecule has 0 aliphatic carbocycles. The monoisotopic (exact) mass is 450 g/mol. The lowest BCUT2D eigenvalue weighted by Gasteiger charge is -2.13. The maximum Gasteiger partial charge on any atom is 0.243 e. The van der Waals surface area contributed by atoms with Crippen LogP contribution in [-0.2, 0) is 11.2 Å². The molecule has 1 aromatic carbocycles. The van der Waals surface area contributed by atoms with Crippen LogP contribution in [0, 0.1) is 0 Å². The van der Waals surface area contributed by atoms with Gasteiger partial charge < -0.3 is 15.5 Å². The molecule has 0 aliphatic heterocycles. The lowest BCUT2D eigenvalue weighted by Crippen LogP contribution is -2.39. The SMILES string of the molecule is C=CCNC(=NCC(=O)N(C)C)NCCc1cccc(Cl)c1.I. The summed E-state index contributed by atoms with van der Waals surface area (Å²) < 4.78 is 0. The number of likely N-dealkylation sites (N-methyl/N-ethyl adjacent to an activating group) is 1. The Balaban J connectivity index is 0.00000484. The number of amides is 1. The van der Waals surface area contributed by atoms with Crippen LogP contribution in [0.5, 0.6) is 0 Å². The molecule has 1 aromatic rings. The second-order valence-electron chi connectivity index (χ2n) is 4.93. The van der Waals surface area contributed by atoms with Gasteiger partial charge in [0.05, 0.1) is 0 Å². The standard InChI is InChI=1S/C16H23ClN4O.HI/c1-4-9-18-16(20-12-15(22)21(2)3)19-10-8-13-6-5-7-14(17)11-13;/h4-7,11H,1,8-10,12H2,2-3H3,(H2,18,19,20);1H. The van der Waals surface area contributed by atoms with E-state index in [1.807, 2.05) is 24.3 Å². The molecule has 0 atom stereocenters. The quantitative estimate of drug-likeness (QED) is 0.290. The van der Waals surface area contributed by atoms with Gasteiger partial charge >= 0.3 is 0 Å². The lowest BCUT2D eigenvalue weighted by atomic mass is 10.1. The Labute approximate surface area is 160 Å². The predicted molar refractivity (Wildman–Crippen MR) is 108 cm³/mol. The zero-order valence-corrected chi connectivity index (χ0v) is 16.6. The van der Waals surface area contributed by atoms with Gasteiger partial charge in [0.15, 0.2) is 5.96 Å². The minimum Gasteiger partial charge on any atom is -0.356 e. The van der Waals surface area contributed by atoms with E-state index < -0.39 is 0 Å². The van der Waals surface area contributed by atoms with E-state index in [4.69, 9.17) is 11.6 Å². The van der Waals surface area contributed by atoms with E-state index in [1.165, 1.54) is 4.90 Å². The van der Waals surface area contributed by atoms with E-state index in [-0.39, 0.29) is 36.4 Å². The first-order valence-corrected chi connectivity index (χ1v) is 7.48. The number of aliphatic imine (C=N–C) groups is 1. The summed E-state index contributed by atoms with van der Waals surface area (Å²) in [6, 6.07) is 7.74. The molecule has 5 nitrogen and oxygen atoms in total. The summed E-state index contributed by atoms with van der Waals surface area (Å²) in [5, 5.41) is 7.01. The highest BCUT2D eigenvalue weighted by Crippen LogP contribution is 2.10. The van der Waals surface area contributed by atoms with E-state index in [0.717, 1.165) is 17.0 Å². The van der Waals surface area contributed by atoms with Crippen molar-refractivity contribution >= 4 is 47.4 Å². The molecule has 2 N–H and O–H groups in total. The van der Waals surface area contributed by atoms with Gasteiger partial charge in [0.1, 0.15) is 6.54 Å². The summed E-state index contributed by atoms with van der Waals surface area (Å²) in [5.74, 6) is 0.548. The van der Waals surface area contributed by atoms with Crippen molar-refractivity contribution in [1.82, 2.24) is 15.5 Å². The molecule has 0 aromatic heterocycles. The second-order valence-corrected chi connectivity index (χ2v) is 5.37. The van der Waals surface area contributed by atoms with Gasteiger partial charge in [0, 0.05) is 32.2 Å². The second kappa shape index (κ2) is 12.2. The lowest BCUT2D eigenvalue weighted by molar-refractivity contribution is -0.127. The number of nitrogens with zero attached hydrogens (tertiary/aromatic N) is 2. The van der Waals surface area contributed by atoms with Crippen molar-refractivity contribution in [2.24, 2.45) is 4.99 Å². The maximum absolute atomic E-state index is 11.6. The molecule has 1 amide bonds. The number of carbonyl (C=O) groups excluding carboxylic acids is 1. The largest absolute Gasteiger partial charge is 0.356 e. The minimum absolute atomic E-state index is 0. The first-order chi connectivity index (χ1) is 10.5. The number of rotatable bonds is 7. The number of benzene rings is 1. The highest BCUT2D eigenvalue weighted by atomic mass is 127. The summed E-state index contributed by atoms with van der Waals surface area (Å²) in [7, 11) is 3.42. The zero-order valence-electron chi connectivity index (χ0n) is 13.5. The van der Waals surface area contributed by atoms with Gasteiger partial charge in [0.2, 0.25) is 5.91 Å². The fourth-order valence-corrected chi connectivity index (χ4v) is 1.86. The summed E-state index contributed by atoms with van der Waals surface area (Å²) in [6.07, 6.45) is 2.55. The number of hydrogen-bond acceptors (Lipinski definition) is 2. The van der Waals surface area contributed by atoms with Crippen molar-refractivity contribution in [3.8, 4) is 0 Å². The van der Waals surface area contributed by atoms with E-state index in [0.29, 0.717) is 19.0 Å². The molecular weight excluding hydrogens is 427 g/mol. The Bertz CT molecular complexity index is 535. The first-order valence-electron chi connectivity index (χ1n) is 7.10. The highest BCUT2D eigenvalue weighted by molar-refractivity contribution is 14.0. The fourth-order valence-electron chi connectivity index (χ4n) is 1.65. The Morgan fingerprint density at radius 3 is 2.74 bits per heavy atom. The fraction of sp³-hybridized carbons (Fsp3) is 0.375. The molecule has 0 fully saturated rings. The van der Waals surface area contributed by atoms with Gasteiger partial charge in [0.25, 0.3) is 0 Å². The Morgan fingerprint density at radius 2 is 2.13 bits per heavy atom. The predicted octanol–water partition coefficient (Wildman–Crippen LogP) is 2.31. The van der Waals surface area contributed by atoms with Crippen LogP contribution in [-0.4, -0.2) is 50.5 Å². The van der Waals surface area contributed by atoms with Crippen LogP contribution in [0.4, 0.5) is 0 Å². The number of nitrogens with one attached hydrogen (secondary N) is 2. The van der Waals surface area contributed by atoms with Gasteiger partial charge in [-0.15, -0.1) is 30.6 Å². The zero-order chi connectivity index (χ0) is 16.4. The van der Waals surface area contributed by atoms with Crippen molar-refractivity contribution in [2.45, 2.75) is 6.42 Å². The highest BCUT2D eigenvalue weighted by Gasteiger charge is 2.04. The van der Waals surface area contributed by atoms with Crippen molar-refractivity contribution in [2.75, 3.05) is 33.7 Å². The van der Waals surface area contributed by atoms with Gasteiger partial charge in [-0.3, -0.25) is 4.79 Å². The third-order valence-corrected chi connectivity index (χ3v) is 3.12. The number of halogens is 2. The van der Waals surface area contributed by atoms with Crippen LogP contribution in [0.25, 0.3) is 0 Å². The van der Waals surface area contributed by atoms with E-state index >= 15 is 0 Å². The Hall–Kier alpha value is -1.28. The molecule has 7 heteroatoms. The van der Waals surface area contributed by atoms with Gasteiger partial charge in [-0.05, 0) is 24.1 Å². The van der Waals surface area contributed by atoms with Crippen LogP contribution < -0.4 is 10.6 Å². The normalized spacial score (nSPS) is 10.5. The molecule has 0 radical (unpaired) electrons. The molecule has 0 aliphatic rings. The number of carbonyl (C=O) groups is 1. The van der Waals surface area contributed by atoms with Crippen molar-refractivity contribution in [3.63, 3.8) is 0 Å². The Kier molecular flexibility index (Phi) is 11.5. The van der Waals surface area contributed by atoms with Gasteiger partial charge in [-0.25, -0.2) is 4.99 Å². The number of hydrogen-bond donors (Lipinski definition) is 2. The van der Waals surface area contributed by atoms with E-state index in [9.17, 15) is 4.79 Å². The van der Waals surface area contributed by atoms with Crippen molar-refractivity contribution in [1.29, 1.82) is 0 Å². The smallest absolute Gasteiger partial charge is 0.243 e. The van der Waals surface area contributed by atoms with Crippen molar-refractivity contribution < 1.29 is 4.79 Å². The summed E-state index contributed by atoms with van der Waals surface area (Å²) >= 11 is 5.96. The molecule has 0 spiro atoms. The molecule has 0 saturated carbocycles. The molecule has 1 rings (SSSR count).